The van der Waals surface area contributed by atoms with Crippen LogP contribution >= 0.6 is 0 Å². The minimum atomic E-state index is -4.43. The van der Waals surface area contributed by atoms with Gasteiger partial charge in [-0.2, -0.15) is 17.7 Å². The molecule has 2 aromatic rings. The maximum Gasteiger partial charge on any atom is 0.433 e. The molecule has 140 valence electrons. The molecule has 27 heavy (non-hydrogen) atoms. The highest BCUT2D eigenvalue weighted by Crippen LogP contribution is 2.41. The van der Waals surface area contributed by atoms with Crippen LogP contribution in [-0.2, 0) is 6.18 Å². The maximum atomic E-state index is 12.6. The first-order valence-electron chi connectivity index (χ1n) is 8.89. The van der Waals surface area contributed by atoms with Crippen LogP contribution in [0.3, 0.4) is 0 Å². The number of rotatable bonds is 3. The molecule has 0 spiro atoms. The number of pyridine rings is 1. The molecule has 0 amide bonds. The molecule has 0 unspecified atom stereocenters. The lowest BCUT2D eigenvalue weighted by Crippen LogP contribution is -2.28. The molecule has 7 heteroatoms. The quantitative estimate of drug-likeness (QED) is 0.776. The Morgan fingerprint density at radius 3 is 2.52 bits per heavy atom. The Kier molecular flexibility index (Phi) is 4.47. The van der Waals surface area contributed by atoms with Crippen LogP contribution in [0.1, 0.15) is 24.1 Å². The highest BCUT2D eigenvalue weighted by molar-refractivity contribution is 5.80. The molecule has 0 atom stereocenters. The van der Waals surface area contributed by atoms with Gasteiger partial charge in [-0.3, -0.25) is 0 Å². The second-order valence-electron chi connectivity index (χ2n) is 6.87. The van der Waals surface area contributed by atoms with Crippen LogP contribution in [0.2, 0.25) is 0 Å². The van der Waals surface area contributed by atoms with Crippen molar-refractivity contribution in [1.82, 2.24) is 10.3 Å². The number of anilines is 2. The molecule has 1 saturated heterocycles. The van der Waals surface area contributed by atoms with Gasteiger partial charge in [-0.25, -0.2) is 4.98 Å². The molecule has 0 bridgehead atoms. The Morgan fingerprint density at radius 2 is 1.85 bits per heavy atom. The molecule has 0 saturated carbocycles. The number of benzene rings is 1. The number of fused-ring (bicyclic) bond motifs is 1. The van der Waals surface area contributed by atoms with E-state index in [1.807, 2.05) is 22.8 Å². The van der Waals surface area contributed by atoms with E-state index in [0.717, 1.165) is 43.4 Å². The number of hydrogen-bond acceptors (Lipinski definition) is 3. The molecule has 0 radical (unpaired) electrons. The number of nitrogens with zero attached hydrogens (tertiary/aromatic N) is 2. The van der Waals surface area contributed by atoms with Gasteiger partial charge >= 0.3 is 6.18 Å². The van der Waals surface area contributed by atoms with Crippen molar-refractivity contribution in [3.63, 3.8) is 0 Å². The van der Waals surface area contributed by atoms with Crippen molar-refractivity contribution < 1.29 is 17.7 Å². The van der Waals surface area contributed by atoms with Crippen molar-refractivity contribution in [3.8, 4) is 0 Å². The van der Waals surface area contributed by atoms with Crippen molar-refractivity contribution >= 4 is 29.4 Å². The monoisotopic (exact) mass is 373 g/mol. The van der Waals surface area contributed by atoms with Gasteiger partial charge in [0.2, 0.25) is 5.69 Å². The first-order valence-corrected chi connectivity index (χ1v) is 8.89. The van der Waals surface area contributed by atoms with Crippen LogP contribution in [0.15, 0.2) is 42.7 Å². The number of halogens is 3. The SMILES string of the molecule is C=[N+]1C=C(C2CCNCC2)c2ccc(Nc3ccc(C(F)(F)F)nc3)cc21. The summed E-state index contributed by atoms with van der Waals surface area (Å²) in [5.41, 5.74) is 3.86. The summed E-state index contributed by atoms with van der Waals surface area (Å²) in [5.74, 6) is 0.523. The lowest BCUT2D eigenvalue weighted by molar-refractivity contribution is -0.344. The first-order chi connectivity index (χ1) is 12.9. The van der Waals surface area contributed by atoms with E-state index in [1.165, 1.54) is 23.4 Å². The first kappa shape index (κ1) is 17.7. The summed E-state index contributed by atoms with van der Waals surface area (Å²) in [6.07, 6.45) is 1.06. The van der Waals surface area contributed by atoms with Gasteiger partial charge in [0.1, 0.15) is 12.4 Å². The van der Waals surface area contributed by atoms with Crippen LogP contribution in [-0.4, -0.2) is 29.4 Å². The average molecular weight is 373 g/mol. The Morgan fingerprint density at radius 1 is 1.11 bits per heavy atom. The summed E-state index contributed by atoms with van der Waals surface area (Å²) in [6, 6.07) is 8.30. The molecular formula is C20H20F3N4+. The molecule has 1 aromatic carbocycles. The van der Waals surface area contributed by atoms with Crippen molar-refractivity contribution in [3.05, 3.63) is 54.0 Å². The summed E-state index contributed by atoms with van der Waals surface area (Å²) in [5, 5.41) is 6.49. The zero-order chi connectivity index (χ0) is 19.0. The molecule has 3 heterocycles. The standard InChI is InChI=1S/C20H20F3N4/c1-27-12-17(13-6-8-24-9-7-13)16-4-2-14(10-18(16)27)26-15-3-5-19(25-11-15)20(21,22)23/h2-5,10-13,24,26H,1,6-9H2/q+1. The molecule has 4 nitrogen and oxygen atoms in total. The zero-order valence-corrected chi connectivity index (χ0v) is 14.7. The van der Waals surface area contributed by atoms with Crippen LogP contribution < -0.4 is 10.6 Å². The fourth-order valence-electron chi connectivity index (χ4n) is 3.66. The van der Waals surface area contributed by atoms with Gasteiger partial charge in [0, 0.05) is 17.3 Å². The summed E-state index contributed by atoms with van der Waals surface area (Å²) >= 11 is 0. The lowest BCUT2D eigenvalue weighted by atomic mass is 9.87. The van der Waals surface area contributed by atoms with Gasteiger partial charge in [-0.15, -0.1) is 0 Å². The Hall–Kier alpha value is -2.67. The fraction of sp³-hybridized carbons (Fsp3) is 0.300. The highest BCUT2D eigenvalue weighted by Gasteiger charge is 2.32. The van der Waals surface area contributed by atoms with Crippen molar-refractivity contribution in [2.24, 2.45) is 5.92 Å². The van der Waals surface area contributed by atoms with Gasteiger partial charge in [0.05, 0.1) is 17.4 Å². The predicted octanol–water partition coefficient (Wildman–Crippen LogP) is 4.54. The van der Waals surface area contributed by atoms with Crippen molar-refractivity contribution in [2.45, 2.75) is 19.0 Å². The van der Waals surface area contributed by atoms with E-state index < -0.39 is 11.9 Å². The van der Waals surface area contributed by atoms with E-state index in [1.54, 1.807) is 0 Å². The average Bonchev–Trinajstić information content (AvgIpc) is 2.99. The van der Waals surface area contributed by atoms with Crippen LogP contribution in [0.5, 0.6) is 0 Å². The van der Waals surface area contributed by atoms with Gasteiger partial charge in [-0.05, 0) is 56.1 Å². The Labute approximate surface area is 155 Å². The predicted molar refractivity (Wildman–Crippen MR) is 99.6 cm³/mol. The zero-order valence-electron chi connectivity index (χ0n) is 14.7. The Balaban J connectivity index is 1.54. The van der Waals surface area contributed by atoms with E-state index in [9.17, 15) is 13.2 Å². The van der Waals surface area contributed by atoms with Gasteiger partial charge in [0.25, 0.3) is 0 Å². The molecule has 4 rings (SSSR count). The largest absolute Gasteiger partial charge is 0.433 e. The highest BCUT2D eigenvalue weighted by atomic mass is 19.4. The lowest BCUT2D eigenvalue weighted by Gasteiger charge is -2.22. The molecule has 2 N–H and O–H groups in total. The third-order valence-corrected chi connectivity index (χ3v) is 5.03. The number of allylic oxidation sites excluding steroid dienone is 1. The third-order valence-electron chi connectivity index (χ3n) is 5.03. The molecule has 2 aliphatic rings. The topological polar surface area (TPSA) is 40.0 Å². The summed E-state index contributed by atoms with van der Waals surface area (Å²) in [4.78, 5) is 3.48. The normalized spacial score (nSPS) is 17.6. The molecule has 1 aromatic heterocycles. The fourth-order valence-corrected chi connectivity index (χ4v) is 3.66. The van der Waals surface area contributed by atoms with E-state index in [-0.39, 0.29) is 0 Å². The summed E-state index contributed by atoms with van der Waals surface area (Å²) in [6.45, 7) is 6.13. The smallest absolute Gasteiger partial charge is 0.354 e. The molecular weight excluding hydrogens is 353 g/mol. The second-order valence-corrected chi connectivity index (χ2v) is 6.87. The Bertz CT molecular complexity index is 894. The third kappa shape index (κ3) is 3.60. The number of aromatic nitrogens is 1. The number of alkyl halides is 3. The van der Waals surface area contributed by atoms with E-state index >= 15 is 0 Å². The van der Waals surface area contributed by atoms with E-state index in [0.29, 0.717) is 11.6 Å². The maximum absolute atomic E-state index is 12.6. The summed E-state index contributed by atoms with van der Waals surface area (Å²) in [7, 11) is 0. The van der Waals surface area contributed by atoms with Crippen LogP contribution in [0.4, 0.5) is 30.2 Å². The number of piperidine rings is 1. The van der Waals surface area contributed by atoms with Gasteiger partial charge in [-0.1, -0.05) is 0 Å². The van der Waals surface area contributed by atoms with Crippen molar-refractivity contribution in [1.29, 1.82) is 0 Å². The van der Waals surface area contributed by atoms with Crippen LogP contribution in [0, 0.1) is 5.92 Å². The molecule has 1 fully saturated rings. The summed E-state index contributed by atoms with van der Waals surface area (Å²) < 4.78 is 39.7. The van der Waals surface area contributed by atoms with Gasteiger partial charge < -0.3 is 10.6 Å². The van der Waals surface area contributed by atoms with E-state index in [2.05, 4.69) is 28.5 Å². The number of nitrogens with one attached hydrogen (secondary N) is 2. The molecule has 0 aliphatic carbocycles. The number of hydrogen-bond donors (Lipinski definition) is 2. The minimum Gasteiger partial charge on any atom is -0.354 e. The molecule has 2 aliphatic heterocycles. The van der Waals surface area contributed by atoms with Gasteiger partial charge in [0.15, 0.2) is 6.20 Å². The minimum absolute atomic E-state index is 0.503. The van der Waals surface area contributed by atoms with Crippen molar-refractivity contribution in [2.75, 3.05) is 18.4 Å². The van der Waals surface area contributed by atoms with Crippen LogP contribution in [0.25, 0.3) is 5.57 Å². The van der Waals surface area contributed by atoms with E-state index in [4.69, 9.17) is 0 Å². The second kappa shape index (κ2) is 6.81.